The van der Waals surface area contributed by atoms with Gasteiger partial charge in [-0.15, -0.1) is 32.9 Å². The lowest BCUT2D eigenvalue weighted by Crippen LogP contribution is -2.20. The normalized spacial score (nSPS) is 11.5. The minimum atomic E-state index is -2.71. The van der Waals surface area contributed by atoms with E-state index in [1.54, 1.807) is 22.7 Å². The van der Waals surface area contributed by atoms with E-state index in [1.165, 1.54) is 0 Å². The number of thiophene rings is 1. The number of hydrogen-bond donors (Lipinski definition) is 1. The molecule has 1 N–H and O–H groups in total. The van der Waals surface area contributed by atoms with Crippen LogP contribution in [0.4, 0.5) is 13.9 Å². The molecule has 4 rings (SSSR count). The Bertz CT molecular complexity index is 1110. The Kier molecular flexibility index (Phi) is 4.51. The van der Waals surface area contributed by atoms with Crippen LogP contribution in [-0.4, -0.2) is 27.7 Å². The summed E-state index contributed by atoms with van der Waals surface area (Å²) in [5.41, 5.74) is 0.933. The number of carbonyl (C=O) groups excluding carboxylic acids is 1. The predicted molar refractivity (Wildman–Crippen MR) is 98.7 cm³/mol. The lowest BCUT2D eigenvalue weighted by Gasteiger charge is -2.07. The molecule has 0 aliphatic carbocycles. The number of rotatable bonds is 5. The summed E-state index contributed by atoms with van der Waals surface area (Å²) in [5.74, 6) is 0.0870. The molecule has 0 unspecified atom stereocenters. The monoisotopic (exact) mass is 412 g/mol. The molecule has 1 amide bonds. The Morgan fingerprint density at radius 2 is 2.19 bits per heavy atom. The van der Waals surface area contributed by atoms with E-state index < -0.39 is 17.3 Å². The average molecular weight is 412 g/mol. The van der Waals surface area contributed by atoms with Gasteiger partial charge in [-0.1, -0.05) is 11.3 Å². The van der Waals surface area contributed by atoms with Gasteiger partial charge in [-0.05, 0) is 18.4 Å². The van der Waals surface area contributed by atoms with Gasteiger partial charge in [-0.25, -0.2) is 13.8 Å². The van der Waals surface area contributed by atoms with Crippen LogP contribution in [0.25, 0.3) is 20.3 Å². The fourth-order valence-corrected chi connectivity index (χ4v) is 4.83. The summed E-state index contributed by atoms with van der Waals surface area (Å²) in [6.45, 7) is 1.67. The lowest BCUT2D eigenvalue weighted by molar-refractivity contribution is -0.118. The topological polar surface area (TPSA) is 77.0 Å². The number of alkyl halides is 2. The summed E-state index contributed by atoms with van der Waals surface area (Å²) in [7, 11) is 0. The van der Waals surface area contributed by atoms with Gasteiger partial charge in [0.1, 0.15) is 5.75 Å². The van der Waals surface area contributed by atoms with Crippen molar-refractivity contribution in [3.8, 4) is 5.75 Å². The second-order valence-corrected chi connectivity index (χ2v) is 8.36. The molecular weight excluding hydrogens is 402 g/mol. The Balaban J connectivity index is 1.51. The maximum atomic E-state index is 12.5. The second kappa shape index (κ2) is 6.82. The number of nitrogens with zero attached hydrogens (tertiary/aromatic N) is 3. The number of halogens is 2. The van der Waals surface area contributed by atoms with Gasteiger partial charge >= 0.3 is 0 Å². The van der Waals surface area contributed by atoms with Crippen LogP contribution in [0.15, 0.2) is 17.5 Å². The number of thiazole rings is 1. The van der Waals surface area contributed by atoms with Crippen molar-refractivity contribution in [3.63, 3.8) is 0 Å². The van der Waals surface area contributed by atoms with Gasteiger partial charge < -0.3 is 4.74 Å². The average Bonchev–Trinajstić information content (AvgIpc) is 3.30. The molecule has 6 nitrogen and oxygen atoms in total. The molecule has 0 fully saturated rings. The largest absolute Gasteiger partial charge is 0.483 e. The van der Waals surface area contributed by atoms with E-state index >= 15 is 0 Å². The van der Waals surface area contributed by atoms with Crippen LogP contribution in [-0.2, 0) is 4.79 Å². The molecule has 11 heteroatoms. The van der Waals surface area contributed by atoms with E-state index in [4.69, 9.17) is 4.74 Å². The zero-order chi connectivity index (χ0) is 18.3. The molecular formula is C15H10F2N4O2S3. The van der Waals surface area contributed by atoms with Crippen molar-refractivity contribution in [3.05, 3.63) is 27.5 Å². The van der Waals surface area contributed by atoms with Gasteiger partial charge in [-0.3, -0.25) is 10.1 Å². The molecule has 0 radical (unpaired) electrons. The van der Waals surface area contributed by atoms with Crippen LogP contribution in [0.2, 0.25) is 0 Å². The van der Waals surface area contributed by atoms with E-state index in [-0.39, 0.29) is 11.7 Å². The first-order valence-corrected chi connectivity index (χ1v) is 9.84. The van der Waals surface area contributed by atoms with E-state index in [1.807, 2.05) is 24.4 Å². The Hall–Kier alpha value is -2.24. The van der Waals surface area contributed by atoms with Crippen molar-refractivity contribution in [2.24, 2.45) is 0 Å². The number of aryl methyl sites for hydroxylation is 1. The van der Waals surface area contributed by atoms with E-state index in [0.29, 0.717) is 17.1 Å². The fourth-order valence-electron chi connectivity index (χ4n) is 2.38. The molecule has 3 heterocycles. The fraction of sp³-hybridized carbons (Fsp3) is 0.200. The highest BCUT2D eigenvalue weighted by Gasteiger charge is 2.17. The standard InChI is InChI=1S/C15H10F2N4O2S3/c1-6-18-11-9(25-6)4-8(7-2-3-24-12(7)11)23-5-10(22)19-15-21-20-14(26-15)13(16)17/h2-4,13H,5H2,1H3,(H,19,21,22). The van der Waals surface area contributed by atoms with Gasteiger partial charge in [0.15, 0.2) is 11.6 Å². The van der Waals surface area contributed by atoms with Crippen LogP contribution in [0.5, 0.6) is 5.75 Å². The molecule has 0 aliphatic heterocycles. The van der Waals surface area contributed by atoms with Crippen molar-refractivity contribution in [2.45, 2.75) is 13.3 Å². The number of fused-ring (bicyclic) bond motifs is 3. The van der Waals surface area contributed by atoms with Crippen molar-refractivity contribution in [1.29, 1.82) is 0 Å². The third kappa shape index (κ3) is 3.24. The number of carbonyl (C=O) groups is 1. The Morgan fingerprint density at radius 1 is 1.35 bits per heavy atom. The number of aromatic nitrogens is 3. The lowest BCUT2D eigenvalue weighted by atomic mass is 10.2. The Labute approximate surface area is 157 Å². The summed E-state index contributed by atoms with van der Waals surface area (Å²) in [4.78, 5) is 16.6. The zero-order valence-electron chi connectivity index (χ0n) is 13.2. The van der Waals surface area contributed by atoms with Gasteiger partial charge in [0.2, 0.25) is 5.13 Å². The molecule has 0 bridgehead atoms. The van der Waals surface area contributed by atoms with Crippen molar-refractivity contribution < 1.29 is 18.3 Å². The highest BCUT2D eigenvalue weighted by Crippen LogP contribution is 2.38. The third-order valence-electron chi connectivity index (χ3n) is 3.40. The summed E-state index contributed by atoms with van der Waals surface area (Å²) in [6, 6.07) is 3.78. The van der Waals surface area contributed by atoms with Crippen LogP contribution in [0, 0.1) is 6.92 Å². The molecule has 0 saturated heterocycles. The van der Waals surface area contributed by atoms with Crippen molar-refractivity contribution in [2.75, 3.05) is 11.9 Å². The molecule has 1 aromatic carbocycles. The van der Waals surface area contributed by atoms with Gasteiger partial charge in [0.25, 0.3) is 12.3 Å². The molecule has 4 aromatic rings. The molecule has 0 spiro atoms. The molecule has 3 aromatic heterocycles. The van der Waals surface area contributed by atoms with E-state index in [0.717, 1.165) is 25.3 Å². The summed E-state index contributed by atoms with van der Waals surface area (Å²) < 4.78 is 32.7. The first-order chi connectivity index (χ1) is 12.5. The van der Waals surface area contributed by atoms with Crippen LogP contribution >= 0.6 is 34.0 Å². The number of amides is 1. The maximum absolute atomic E-state index is 12.5. The summed E-state index contributed by atoms with van der Waals surface area (Å²) >= 11 is 3.75. The molecule has 0 atom stereocenters. The molecule has 0 saturated carbocycles. The van der Waals surface area contributed by atoms with Crippen LogP contribution in [0.1, 0.15) is 16.4 Å². The number of nitrogens with one attached hydrogen (secondary N) is 1. The maximum Gasteiger partial charge on any atom is 0.291 e. The summed E-state index contributed by atoms with van der Waals surface area (Å²) in [6.07, 6.45) is -2.71. The molecule has 0 aliphatic rings. The number of ether oxygens (including phenoxy) is 1. The minimum Gasteiger partial charge on any atom is -0.483 e. The van der Waals surface area contributed by atoms with E-state index in [9.17, 15) is 13.6 Å². The van der Waals surface area contributed by atoms with Crippen molar-refractivity contribution >= 4 is 65.4 Å². The smallest absolute Gasteiger partial charge is 0.291 e. The SMILES string of the molecule is Cc1nc2c(cc(OCC(=O)Nc3nnc(C(F)F)s3)c3ccsc32)s1. The first-order valence-electron chi connectivity index (χ1n) is 7.33. The zero-order valence-corrected chi connectivity index (χ0v) is 15.6. The second-order valence-electron chi connectivity index (χ2n) is 5.20. The Morgan fingerprint density at radius 3 is 2.96 bits per heavy atom. The number of benzene rings is 1. The molecule has 26 heavy (non-hydrogen) atoms. The van der Waals surface area contributed by atoms with Crippen LogP contribution in [0.3, 0.4) is 0 Å². The summed E-state index contributed by atoms with van der Waals surface area (Å²) in [5, 5.41) is 12.6. The van der Waals surface area contributed by atoms with E-state index in [2.05, 4.69) is 20.5 Å². The number of anilines is 1. The highest BCUT2D eigenvalue weighted by molar-refractivity contribution is 7.21. The quantitative estimate of drug-likeness (QED) is 0.517. The van der Waals surface area contributed by atoms with Gasteiger partial charge in [0.05, 0.1) is 19.9 Å². The van der Waals surface area contributed by atoms with Crippen LogP contribution < -0.4 is 10.1 Å². The van der Waals surface area contributed by atoms with Crippen molar-refractivity contribution in [1.82, 2.24) is 15.2 Å². The van der Waals surface area contributed by atoms with Gasteiger partial charge in [-0.2, -0.15) is 0 Å². The first kappa shape index (κ1) is 17.2. The minimum absolute atomic E-state index is 0.0168. The van der Waals surface area contributed by atoms with Gasteiger partial charge in [0, 0.05) is 11.5 Å². The molecule has 134 valence electrons. The third-order valence-corrected chi connectivity index (χ3v) is 6.09. The predicted octanol–water partition coefficient (Wildman–Crippen LogP) is 4.63. The highest BCUT2D eigenvalue weighted by atomic mass is 32.1. The number of hydrogen-bond acceptors (Lipinski definition) is 8.